The Labute approximate surface area is 190 Å². The van der Waals surface area contributed by atoms with E-state index in [1.54, 1.807) is 18.3 Å². The fraction of sp³-hybridized carbons (Fsp3) is 0.0833. The van der Waals surface area contributed by atoms with E-state index in [1.165, 1.54) is 35.0 Å². The number of benzene rings is 3. The van der Waals surface area contributed by atoms with Crippen molar-refractivity contribution in [3.8, 4) is 16.9 Å². The van der Waals surface area contributed by atoms with Crippen LogP contribution >= 0.6 is 0 Å². The zero-order chi connectivity index (χ0) is 24.5. The van der Waals surface area contributed by atoms with E-state index in [2.05, 4.69) is 10.4 Å². The van der Waals surface area contributed by atoms with Gasteiger partial charge in [-0.25, -0.2) is 18.3 Å². The Morgan fingerprint density at radius 2 is 1.62 bits per heavy atom. The predicted octanol–water partition coefficient (Wildman–Crippen LogP) is 6.15. The van der Waals surface area contributed by atoms with E-state index in [0.717, 1.165) is 24.3 Å². The Morgan fingerprint density at radius 3 is 2.21 bits per heavy atom. The molecule has 5 nitrogen and oxygen atoms in total. The molecule has 0 aliphatic rings. The molecule has 4 rings (SSSR count). The van der Waals surface area contributed by atoms with Crippen molar-refractivity contribution in [2.45, 2.75) is 12.7 Å². The van der Waals surface area contributed by atoms with Crippen LogP contribution in [0.25, 0.3) is 16.9 Å². The fourth-order valence-electron chi connectivity index (χ4n) is 3.29. The van der Waals surface area contributed by atoms with Crippen LogP contribution in [-0.4, -0.2) is 20.9 Å². The number of anilines is 1. The van der Waals surface area contributed by atoms with Crippen molar-refractivity contribution in [1.29, 1.82) is 0 Å². The van der Waals surface area contributed by atoms with Crippen molar-refractivity contribution in [3.63, 3.8) is 0 Å². The van der Waals surface area contributed by atoms with Gasteiger partial charge in [0.1, 0.15) is 0 Å². The summed E-state index contributed by atoms with van der Waals surface area (Å²) in [7, 11) is 0. The summed E-state index contributed by atoms with van der Waals surface area (Å²) in [6.45, 7) is 0.118. The van der Waals surface area contributed by atoms with Gasteiger partial charge in [0.15, 0.2) is 11.6 Å². The molecule has 4 aromatic rings. The van der Waals surface area contributed by atoms with Crippen LogP contribution in [0.2, 0.25) is 0 Å². The number of nitrogens with zero attached hydrogens (tertiary/aromatic N) is 2. The average molecular weight is 473 g/mol. The highest BCUT2D eigenvalue weighted by Crippen LogP contribution is 2.30. The number of aromatic carboxylic acids is 1. The molecule has 0 aliphatic carbocycles. The van der Waals surface area contributed by atoms with E-state index in [-0.39, 0.29) is 12.1 Å². The Morgan fingerprint density at radius 1 is 0.941 bits per heavy atom. The second-order valence-electron chi connectivity index (χ2n) is 7.36. The molecular weight excluding hydrogens is 457 g/mol. The number of alkyl halides is 3. The summed E-state index contributed by atoms with van der Waals surface area (Å²) >= 11 is 0. The van der Waals surface area contributed by atoms with E-state index in [9.17, 15) is 26.7 Å². The SMILES string of the molecule is O=C(O)c1ccc(-n2cc(CNc3ccc(C(F)(F)F)cc3)c(-c3ccc(F)c(F)c3)n2)cc1. The molecule has 0 aliphatic heterocycles. The number of carboxylic acid groups (broad SMARTS) is 1. The summed E-state index contributed by atoms with van der Waals surface area (Å²) in [6, 6.07) is 13.7. The summed E-state index contributed by atoms with van der Waals surface area (Å²) in [5.41, 5.74) is 1.41. The minimum atomic E-state index is -4.45. The number of carbonyl (C=O) groups is 1. The fourth-order valence-corrected chi connectivity index (χ4v) is 3.29. The lowest BCUT2D eigenvalue weighted by Gasteiger charge is -2.10. The number of halogens is 5. The van der Waals surface area contributed by atoms with Crippen LogP contribution in [-0.2, 0) is 12.7 Å². The smallest absolute Gasteiger partial charge is 0.416 e. The first-order chi connectivity index (χ1) is 16.1. The molecule has 0 fully saturated rings. The maximum absolute atomic E-state index is 13.9. The van der Waals surface area contributed by atoms with E-state index in [1.807, 2.05) is 0 Å². The third kappa shape index (κ3) is 4.90. The van der Waals surface area contributed by atoms with Crippen LogP contribution in [0.3, 0.4) is 0 Å². The first kappa shape index (κ1) is 23.0. The number of aromatic nitrogens is 2. The van der Waals surface area contributed by atoms with Crippen molar-refractivity contribution in [1.82, 2.24) is 9.78 Å². The van der Waals surface area contributed by atoms with Gasteiger partial charge in [0.05, 0.1) is 22.5 Å². The molecule has 0 atom stereocenters. The average Bonchev–Trinajstić information content (AvgIpc) is 3.23. The van der Waals surface area contributed by atoms with Crippen molar-refractivity contribution in [2.75, 3.05) is 5.32 Å². The van der Waals surface area contributed by atoms with Crippen LogP contribution in [0.4, 0.5) is 27.6 Å². The molecule has 174 valence electrons. The lowest BCUT2D eigenvalue weighted by molar-refractivity contribution is -0.137. The largest absolute Gasteiger partial charge is 0.478 e. The summed E-state index contributed by atoms with van der Waals surface area (Å²) in [6.07, 6.45) is -2.83. The van der Waals surface area contributed by atoms with E-state index in [0.29, 0.717) is 28.2 Å². The zero-order valence-corrected chi connectivity index (χ0v) is 17.3. The minimum absolute atomic E-state index is 0.0842. The minimum Gasteiger partial charge on any atom is -0.478 e. The number of nitrogens with one attached hydrogen (secondary N) is 1. The van der Waals surface area contributed by atoms with Crippen molar-refractivity contribution < 1.29 is 31.9 Å². The van der Waals surface area contributed by atoms with Gasteiger partial charge in [0.2, 0.25) is 0 Å². The van der Waals surface area contributed by atoms with Gasteiger partial charge in [-0.2, -0.15) is 18.3 Å². The third-order valence-electron chi connectivity index (χ3n) is 5.06. The molecular formula is C24H16F5N3O2. The number of hydrogen-bond donors (Lipinski definition) is 2. The predicted molar refractivity (Wildman–Crippen MR) is 115 cm³/mol. The highest BCUT2D eigenvalue weighted by Gasteiger charge is 2.29. The van der Waals surface area contributed by atoms with E-state index >= 15 is 0 Å². The van der Waals surface area contributed by atoms with Crippen LogP contribution in [0.1, 0.15) is 21.5 Å². The zero-order valence-electron chi connectivity index (χ0n) is 17.3. The van der Waals surface area contributed by atoms with Gasteiger partial charge in [-0.15, -0.1) is 0 Å². The van der Waals surface area contributed by atoms with Gasteiger partial charge in [-0.05, 0) is 66.7 Å². The number of hydrogen-bond acceptors (Lipinski definition) is 3. The van der Waals surface area contributed by atoms with Crippen LogP contribution in [0.15, 0.2) is 72.9 Å². The van der Waals surface area contributed by atoms with Crippen LogP contribution in [0, 0.1) is 11.6 Å². The third-order valence-corrected chi connectivity index (χ3v) is 5.06. The van der Waals surface area contributed by atoms with E-state index < -0.39 is 29.3 Å². The summed E-state index contributed by atoms with van der Waals surface area (Å²) in [5.74, 6) is -3.16. The van der Waals surface area contributed by atoms with E-state index in [4.69, 9.17) is 5.11 Å². The molecule has 1 heterocycles. The molecule has 0 radical (unpaired) electrons. The van der Waals surface area contributed by atoms with Gasteiger partial charge in [-0.3, -0.25) is 0 Å². The van der Waals surface area contributed by atoms with Gasteiger partial charge < -0.3 is 10.4 Å². The normalized spacial score (nSPS) is 11.4. The molecule has 0 saturated carbocycles. The molecule has 34 heavy (non-hydrogen) atoms. The Hall–Kier alpha value is -4.21. The molecule has 1 aromatic heterocycles. The number of rotatable bonds is 6. The molecule has 0 spiro atoms. The Kier molecular flexibility index (Phi) is 6.06. The second kappa shape index (κ2) is 8.97. The molecule has 0 amide bonds. The molecule has 0 unspecified atom stereocenters. The van der Waals surface area contributed by atoms with Crippen molar-refractivity contribution in [2.24, 2.45) is 0 Å². The molecule has 3 aromatic carbocycles. The Balaban J connectivity index is 1.66. The van der Waals surface area contributed by atoms with Crippen LogP contribution < -0.4 is 5.32 Å². The number of carboxylic acids is 1. The van der Waals surface area contributed by atoms with Crippen molar-refractivity contribution in [3.05, 3.63) is 101 Å². The first-order valence-electron chi connectivity index (χ1n) is 9.90. The standard InChI is InChI=1S/C24H16F5N3O2/c25-20-10-3-15(11-21(20)26)22-16(12-30-18-6-4-17(5-7-18)24(27,28)29)13-32(31-22)19-8-1-14(2-9-19)23(33)34/h1-11,13,30H,12H2,(H,33,34). The first-order valence-corrected chi connectivity index (χ1v) is 9.90. The van der Waals surface area contributed by atoms with Gasteiger partial charge >= 0.3 is 12.1 Å². The lowest BCUT2D eigenvalue weighted by atomic mass is 10.1. The van der Waals surface area contributed by atoms with Gasteiger partial charge in [0, 0.05) is 29.6 Å². The summed E-state index contributed by atoms with van der Waals surface area (Å²) in [4.78, 5) is 11.1. The highest BCUT2D eigenvalue weighted by molar-refractivity contribution is 5.87. The highest BCUT2D eigenvalue weighted by atomic mass is 19.4. The maximum atomic E-state index is 13.9. The molecule has 2 N–H and O–H groups in total. The van der Waals surface area contributed by atoms with Crippen molar-refractivity contribution >= 4 is 11.7 Å². The topological polar surface area (TPSA) is 67.2 Å². The molecule has 0 saturated heterocycles. The Bertz CT molecular complexity index is 1330. The molecule has 10 heteroatoms. The quantitative estimate of drug-likeness (QED) is 0.330. The lowest BCUT2D eigenvalue weighted by Crippen LogP contribution is -2.05. The summed E-state index contributed by atoms with van der Waals surface area (Å²) < 4.78 is 67.1. The van der Waals surface area contributed by atoms with Gasteiger partial charge in [-0.1, -0.05) is 0 Å². The molecule has 0 bridgehead atoms. The summed E-state index contributed by atoms with van der Waals surface area (Å²) in [5, 5.41) is 16.5. The maximum Gasteiger partial charge on any atom is 0.416 e. The second-order valence-corrected chi connectivity index (χ2v) is 7.36. The van der Waals surface area contributed by atoms with Gasteiger partial charge in [0.25, 0.3) is 0 Å². The monoisotopic (exact) mass is 473 g/mol. The van der Waals surface area contributed by atoms with Crippen LogP contribution in [0.5, 0.6) is 0 Å².